The van der Waals surface area contributed by atoms with Crippen molar-refractivity contribution in [2.24, 2.45) is 0 Å². The molecule has 0 aliphatic rings. The third kappa shape index (κ3) is 4.63. The lowest BCUT2D eigenvalue weighted by atomic mass is 10.2. The number of rotatable bonds is 8. The maximum Gasteiger partial charge on any atom is 0.357 e. The molecule has 1 N–H and O–H groups in total. The van der Waals surface area contributed by atoms with Gasteiger partial charge in [0.15, 0.2) is 5.78 Å². The van der Waals surface area contributed by atoms with E-state index in [1.54, 1.807) is 32.0 Å². The number of hydrogen-bond donors (Lipinski definition) is 1. The van der Waals surface area contributed by atoms with Crippen molar-refractivity contribution in [3.8, 4) is 0 Å². The molecule has 0 aliphatic carbocycles. The average molecular weight is 352 g/mol. The van der Waals surface area contributed by atoms with Crippen molar-refractivity contribution in [1.82, 2.24) is 4.98 Å². The number of aromatic nitrogens is 1. The van der Waals surface area contributed by atoms with Gasteiger partial charge in [-0.15, -0.1) is 0 Å². The highest BCUT2D eigenvalue weighted by atomic mass is 31.2. The van der Waals surface area contributed by atoms with Gasteiger partial charge in [-0.25, -0.2) is 9.37 Å². The lowest BCUT2D eigenvalue weighted by Gasteiger charge is -2.27. The van der Waals surface area contributed by atoms with Crippen LogP contribution in [0.5, 0.6) is 0 Å². The molecule has 1 aromatic carbocycles. The molecule has 130 valence electrons. The number of anilines is 1. The highest BCUT2D eigenvalue weighted by molar-refractivity contribution is 7.54. The normalized spacial score (nSPS) is 12.8. The molecule has 5 nitrogen and oxygen atoms in total. The van der Waals surface area contributed by atoms with Crippen molar-refractivity contribution in [2.75, 3.05) is 18.5 Å². The van der Waals surface area contributed by atoms with Crippen molar-refractivity contribution >= 4 is 13.4 Å². The lowest BCUT2D eigenvalue weighted by Crippen LogP contribution is -2.16. The molecule has 0 aliphatic heterocycles. The van der Waals surface area contributed by atoms with Gasteiger partial charge in [-0.3, -0.25) is 4.57 Å². The van der Waals surface area contributed by atoms with Crippen LogP contribution in [0.15, 0.2) is 42.5 Å². The number of hydrogen-bond acceptors (Lipinski definition) is 5. The molecule has 0 saturated carbocycles. The molecule has 1 heterocycles. The maximum atomic E-state index is 13.3. The standard InChI is InChI=1S/C17H22FN2O3P/c1-4-22-24(21,23-5-2)17(14-9-11-15(18)12-10-14)20-16-8-6-7-13(3)19-16/h6-12,17H,4-5H2,1-3H3,(H,19,20). The fourth-order valence-corrected chi connectivity index (χ4v) is 4.22. The van der Waals surface area contributed by atoms with Crippen LogP contribution in [0.25, 0.3) is 0 Å². The van der Waals surface area contributed by atoms with Gasteiger partial charge >= 0.3 is 7.60 Å². The van der Waals surface area contributed by atoms with E-state index in [0.29, 0.717) is 11.4 Å². The summed E-state index contributed by atoms with van der Waals surface area (Å²) < 4.78 is 37.5. The summed E-state index contributed by atoms with van der Waals surface area (Å²) >= 11 is 0. The van der Waals surface area contributed by atoms with E-state index in [2.05, 4.69) is 10.3 Å². The molecule has 0 radical (unpaired) electrons. The van der Waals surface area contributed by atoms with Gasteiger partial charge in [0.05, 0.1) is 13.2 Å². The maximum absolute atomic E-state index is 13.3. The van der Waals surface area contributed by atoms with E-state index in [4.69, 9.17) is 9.05 Å². The van der Waals surface area contributed by atoms with Crippen molar-refractivity contribution in [1.29, 1.82) is 0 Å². The van der Waals surface area contributed by atoms with Crippen LogP contribution >= 0.6 is 7.60 Å². The highest BCUT2D eigenvalue weighted by Crippen LogP contribution is 2.60. The van der Waals surface area contributed by atoms with Crippen LogP contribution in [-0.2, 0) is 13.6 Å². The first kappa shape index (κ1) is 18.6. The number of benzene rings is 1. The van der Waals surface area contributed by atoms with Crippen molar-refractivity contribution in [2.45, 2.75) is 26.6 Å². The van der Waals surface area contributed by atoms with Crippen LogP contribution in [0.4, 0.5) is 10.2 Å². The molecule has 1 aromatic heterocycles. The van der Waals surface area contributed by atoms with Gasteiger partial charge in [-0.05, 0) is 50.6 Å². The van der Waals surface area contributed by atoms with Crippen LogP contribution in [0.1, 0.15) is 30.9 Å². The zero-order valence-electron chi connectivity index (χ0n) is 14.0. The summed E-state index contributed by atoms with van der Waals surface area (Å²) in [7, 11) is -3.52. The summed E-state index contributed by atoms with van der Waals surface area (Å²) in [6.45, 7) is 5.83. The molecule has 1 atom stereocenters. The van der Waals surface area contributed by atoms with Crippen molar-refractivity contribution in [3.05, 3.63) is 59.5 Å². The highest BCUT2D eigenvalue weighted by Gasteiger charge is 2.37. The Morgan fingerprint density at radius 2 is 1.75 bits per heavy atom. The Bertz CT molecular complexity index is 699. The fourth-order valence-electron chi connectivity index (χ4n) is 2.30. The molecule has 7 heteroatoms. The second-order valence-corrected chi connectivity index (χ2v) is 7.25. The number of pyridine rings is 1. The molecule has 2 rings (SSSR count). The topological polar surface area (TPSA) is 60.5 Å². The summed E-state index contributed by atoms with van der Waals surface area (Å²) in [6, 6.07) is 11.2. The molecule has 0 fully saturated rings. The van der Waals surface area contributed by atoms with Gasteiger partial charge in [-0.2, -0.15) is 0 Å². The molecule has 0 amide bonds. The van der Waals surface area contributed by atoms with Crippen molar-refractivity contribution < 1.29 is 18.0 Å². The van der Waals surface area contributed by atoms with Crippen LogP contribution in [0.2, 0.25) is 0 Å². The van der Waals surface area contributed by atoms with E-state index in [-0.39, 0.29) is 19.0 Å². The van der Waals surface area contributed by atoms with Crippen LogP contribution in [-0.4, -0.2) is 18.2 Å². The van der Waals surface area contributed by atoms with Crippen molar-refractivity contribution in [3.63, 3.8) is 0 Å². The Balaban J connectivity index is 2.43. The monoisotopic (exact) mass is 352 g/mol. The average Bonchev–Trinajstić information content (AvgIpc) is 2.54. The molecular formula is C17H22FN2O3P. The molecule has 0 bridgehead atoms. The summed E-state index contributed by atoms with van der Waals surface area (Å²) in [5.41, 5.74) is 1.42. The quantitative estimate of drug-likeness (QED) is 0.684. The zero-order chi connectivity index (χ0) is 17.6. The molecule has 2 aromatic rings. The summed E-state index contributed by atoms with van der Waals surface area (Å²) in [4.78, 5) is 4.37. The minimum absolute atomic E-state index is 0.234. The molecule has 1 unspecified atom stereocenters. The number of nitrogens with one attached hydrogen (secondary N) is 1. The first-order valence-electron chi connectivity index (χ1n) is 7.83. The number of halogens is 1. The third-order valence-electron chi connectivity index (χ3n) is 3.29. The Kier molecular flexibility index (Phi) is 6.49. The Hall–Kier alpha value is -1.75. The smallest absolute Gasteiger partial charge is 0.353 e. The predicted octanol–water partition coefficient (Wildman–Crippen LogP) is 4.91. The Morgan fingerprint density at radius 3 is 2.29 bits per heavy atom. The summed E-state index contributed by atoms with van der Waals surface area (Å²) in [6.07, 6.45) is 0. The first-order valence-corrected chi connectivity index (χ1v) is 9.44. The fraction of sp³-hybridized carbons (Fsp3) is 0.353. The Morgan fingerprint density at radius 1 is 1.12 bits per heavy atom. The Labute approximate surface area is 141 Å². The SMILES string of the molecule is CCOP(=O)(OCC)C(Nc1cccc(C)n1)c1ccc(F)cc1. The molecule has 24 heavy (non-hydrogen) atoms. The van der Waals surface area contributed by atoms with Crippen LogP contribution in [0, 0.1) is 12.7 Å². The van der Waals surface area contributed by atoms with E-state index in [0.717, 1.165) is 5.69 Å². The van der Waals surface area contributed by atoms with Gasteiger partial charge in [0.25, 0.3) is 0 Å². The molecular weight excluding hydrogens is 330 g/mol. The van der Waals surface area contributed by atoms with E-state index < -0.39 is 13.4 Å². The van der Waals surface area contributed by atoms with Gasteiger partial charge in [0.2, 0.25) is 0 Å². The van der Waals surface area contributed by atoms with Gasteiger partial charge in [-0.1, -0.05) is 18.2 Å². The lowest BCUT2D eigenvalue weighted by molar-refractivity contribution is 0.214. The number of aryl methyl sites for hydroxylation is 1. The van der Waals surface area contributed by atoms with Crippen LogP contribution < -0.4 is 5.32 Å². The molecule has 0 saturated heterocycles. The second-order valence-electron chi connectivity index (χ2n) is 5.14. The van der Waals surface area contributed by atoms with Gasteiger partial charge in [0, 0.05) is 5.69 Å². The minimum Gasteiger partial charge on any atom is -0.353 e. The van der Waals surface area contributed by atoms with E-state index in [1.165, 1.54) is 12.1 Å². The van der Waals surface area contributed by atoms with Gasteiger partial charge < -0.3 is 14.4 Å². The second kappa shape index (κ2) is 8.38. The zero-order valence-corrected chi connectivity index (χ0v) is 14.9. The number of nitrogens with zero attached hydrogens (tertiary/aromatic N) is 1. The predicted molar refractivity (Wildman–Crippen MR) is 92.6 cm³/mol. The van der Waals surface area contributed by atoms with Crippen LogP contribution in [0.3, 0.4) is 0 Å². The third-order valence-corrected chi connectivity index (χ3v) is 5.59. The first-order chi connectivity index (χ1) is 11.5. The summed E-state index contributed by atoms with van der Waals surface area (Å²) in [5, 5.41) is 3.12. The summed E-state index contributed by atoms with van der Waals surface area (Å²) in [5.74, 6) is -0.606. The van der Waals surface area contributed by atoms with E-state index in [9.17, 15) is 8.96 Å². The minimum atomic E-state index is -3.52. The largest absolute Gasteiger partial charge is 0.357 e. The molecule has 0 spiro atoms. The van der Waals surface area contributed by atoms with E-state index >= 15 is 0 Å². The van der Waals surface area contributed by atoms with Gasteiger partial charge in [0.1, 0.15) is 11.6 Å². The van der Waals surface area contributed by atoms with E-state index in [1.807, 2.05) is 19.1 Å².